The van der Waals surface area contributed by atoms with Gasteiger partial charge in [-0.1, -0.05) is 0 Å². The van der Waals surface area contributed by atoms with E-state index >= 15 is 0 Å². The summed E-state index contributed by atoms with van der Waals surface area (Å²) in [4.78, 5) is 2.30. The molecule has 0 radical (unpaired) electrons. The van der Waals surface area contributed by atoms with E-state index in [9.17, 15) is 0 Å². The van der Waals surface area contributed by atoms with E-state index in [-0.39, 0.29) is 18.9 Å². The van der Waals surface area contributed by atoms with Crippen LogP contribution in [0.15, 0.2) is 11.1 Å². The molecule has 1 rings (SSSR count). The summed E-state index contributed by atoms with van der Waals surface area (Å²) >= 11 is 0.889. The molecule has 0 saturated heterocycles. The Balaban J connectivity index is 0.000000250. The molecule has 1 aliphatic heterocycles. The van der Waals surface area contributed by atoms with Gasteiger partial charge in [0.05, 0.1) is 0 Å². The second-order valence-corrected chi connectivity index (χ2v) is 3.16. The first-order valence-corrected chi connectivity index (χ1v) is 3.97. The van der Waals surface area contributed by atoms with Crippen LogP contribution in [0, 0.1) is 0 Å². The predicted molar refractivity (Wildman–Crippen MR) is 31.5 cm³/mol. The zero-order valence-electron chi connectivity index (χ0n) is 2.98. The van der Waals surface area contributed by atoms with Gasteiger partial charge in [-0.15, -0.1) is 0 Å². The molecule has 6 heavy (non-hydrogen) atoms. The summed E-state index contributed by atoms with van der Waals surface area (Å²) in [5, 5.41) is 1.45. The molecule has 0 N–H and O–H groups in total. The van der Waals surface area contributed by atoms with Crippen molar-refractivity contribution >= 4 is 33.8 Å². The van der Waals surface area contributed by atoms with Gasteiger partial charge in [-0.25, -0.2) is 0 Å². The van der Waals surface area contributed by atoms with Crippen molar-refractivity contribution in [2.75, 3.05) is 0 Å². The van der Waals surface area contributed by atoms with E-state index in [0.29, 0.717) is 0 Å². The Hall–Kier alpha value is 0.857. The molecule has 1 heterocycles. The molecule has 0 unspecified atom stereocenters. The monoisotopic (exact) mass is 142 g/mol. The predicted octanol–water partition coefficient (Wildman–Crippen LogP) is 0.378. The van der Waals surface area contributed by atoms with Gasteiger partial charge >= 0.3 is 56.6 Å². The summed E-state index contributed by atoms with van der Waals surface area (Å²) in [5.41, 5.74) is 0. The molecule has 0 amide bonds. The molecular formula is C4H7LiSe. The van der Waals surface area contributed by atoms with Gasteiger partial charge in [0.15, 0.2) is 0 Å². The molecule has 0 aliphatic carbocycles. The number of hydrogen-bond donors (Lipinski definition) is 0. The summed E-state index contributed by atoms with van der Waals surface area (Å²) in [5.74, 6) is 0. The van der Waals surface area contributed by atoms with Gasteiger partial charge < -0.3 is 0 Å². The van der Waals surface area contributed by atoms with E-state index in [0.717, 1.165) is 15.0 Å². The molecule has 0 aromatic carbocycles. The molecule has 1 aliphatic rings. The molecular weight excluding hydrogens is 134 g/mol. The Morgan fingerprint density at radius 2 is 2.33 bits per heavy atom. The van der Waals surface area contributed by atoms with E-state index < -0.39 is 0 Å². The van der Waals surface area contributed by atoms with Crippen molar-refractivity contribution in [1.29, 1.82) is 0 Å². The van der Waals surface area contributed by atoms with E-state index in [1.165, 1.54) is 11.7 Å². The van der Waals surface area contributed by atoms with Crippen molar-refractivity contribution in [2.24, 2.45) is 0 Å². The molecule has 30 valence electrons. The normalized spacial score (nSPS) is 17.3. The molecule has 0 saturated carbocycles. The zero-order chi connectivity index (χ0) is 3.54. The van der Waals surface area contributed by atoms with Crippen molar-refractivity contribution in [3.8, 4) is 0 Å². The molecule has 0 bridgehead atoms. The van der Waals surface area contributed by atoms with Crippen LogP contribution in [0.4, 0.5) is 0 Å². The van der Waals surface area contributed by atoms with Crippen molar-refractivity contribution in [1.82, 2.24) is 0 Å². The second kappa shape index (κ2) is 4.03. The Morgan fingerprint density at radius 1 is 1.50 bits per heavy atom. The van der Waals surface area contributed by atoms with Crippen LogP contribution in [0.5, 0.6) is 0 Å². The summed E-state index contributed by atoms with van der Waals surface area (Å²) in [6, 6.07) is 0. The van der Waals surface area contributed by atoms with Crippen LogP contribution in [0.1, 0.15) is 6.42 Å². The molecule has 0 spiro atoms. The third kappa shape index (κ3) is 2.11. The van der Waals surface area contributed by atoms with Crippen molar-refractivity contribution < 1.29 is 0 Å². The average Bonchev–Trinajstić information content (AvgIpc) is 1.76. The van der Waals surface area contributed by atoms with E-state index in [2.05, 4.69) is 11.1 Å². The van der Waals surface area contributed by atoms with Crippen LogP contribution in [-0.4, -0.2) is 33.8 Å². The molecule has 0 nitrogen and oxygen atoms in total. The fourth-order valence-electron chi connectivity index (χ4n) is 0.340. The summed E-state index contributed by atoms with van der Waals surface area (Å²) in [7, 11) is 0. The Morgan fingerprint density at radius 3 is 2.50 bits per heavy atom. The minimum atomic E-state index is 0. The second-order valence-electron chi connectivity index (χ2n) is 1.03. The third-order valence-corrected chi connectivity index (χ3v) is 2.39. The first kappa shape index (κ1) is 6.86. The van der Waals surface area contributed by atoms with Gasteiger partial charge in [0, 0.05) is 0 Å². The van der Waals surface area contributed by atoms with Crippen molar-refractivity contribution in [3.63, 3.8) is 0 Å². The van der Waals surface area contributed by atoms with E-state index in [1.54, 1.807) is 0 Å². The van der Waals surface area contributed by atoms with Gasteiger partial charge in [0.1, 0.15) is 0 Å². The van der Waals surface area contributed by atoms with E-state index in [4.69, 9.17) is 0 Å². The molecule has 0 fully saturated rings. The fraction of sp³-hybridized carbons (Fsp3) is 0.500. The van der Waals surface area contributed by atoms with Crippen LogP contribution in [-0.2, 0) is 0 Å². The summed E-state index contributed by atoms with van der Waals surface area (Å²) < 4.78 is 0. The first-order chi connectivity index (χ1) is 2.50. The minimum absolute atomic E-state index is 0. The Kier molecular flexibility index (Phi) is 4.60. The van der Waals surface area contributed by atoms with Gasteiger partial charge in [-0.05, 0) is 0 Å². The SMILES string of the molecule is C1=C[Se]CC1.[LiH]. The maximum absolute atomic E-state index is 2.30. The Labute approximate surface area is 56.7 Å². The van der Waals surface area contributed by atoms with Crippen LogP contribution >= 0.6 is 0 Å². The Bertz CT molecular complexity index is 45.5. The number of hydrogen-bond acceptors (Lipinski definition) is 0. The van der Waals surface area contributed by atoms with Crippen molar-refractivity contribution in [2.45, 2.75) is 11.7 Å². The molecule has 0 aromatic heterocycles. The van der Waals surface area contributed by atoms with Crippen LogP contribution in [0.25, 0.3) is 0 Å². The molecule has 0 atom stereocenters. The number of rotatable bonds is 0. The van der Waals surface area contributed by atoms with Gasteiger partial charge in [-0.3, -0.25) is 0 Å². The zero-order valence-corrected chi connectivity index (χ0v) is 4.69. The van der Waals surface area contributed by atoms with Gasteiger partial charge in [0.25, 0.3) is 0 Å². The van der Waals surface area contributed by atoms with Crippen LogP contribution in [0.3, 0.4) is 0 Å². The van der Waals surface area contributed by atoms with Gasteiger partial charge in [0.2, 0.25) is 0 Å². The third-order valence-electron chi connectivity index (χ3n) is 0.595. The van der Waals surface area contributed by atoms with Crippen LogP contribution in [0.2, 0.25) is 5.32 Å². The topological polar surface area (TPSA) is 0 Å². The van der Waals surface area contributed by atoms with E-state index in [1.807, 2.05) is 0 Å². The molecule has 2 heteroatoms. The summed E-state index contributed by atoms with van der Waals surface area (Å²) in [6.45, 7) is 0. The van der Waals surface area contributed by atoms with Crippen LogP contribution < -0.4 is 0 Å². The number of allylic oxidation sites excluding steroid dienone is 1. The fourth-order valence-corrected chi connectivity index (χ4v) is 1.77. The quantitative estimate of drug-likeness (QED) is 0.427. The standard InChI is InChI=1S/C4H6Se.Li.H/c1-2-4-5-3-1;;/h1,3H,2,4H2;;. The van der Waals surface area contributed by atoms with Crippen molar-refractivity contribution in [3.05, 3.63) is 11.1 Å². The first-order valence-electron chi connectivity index (χ1n) is 1.77. The summed E-state index contributed by atoms with van der Waals surface area (Å²) in [6.07, 6.45) is 3.61. The maximum atomic E-state index is 2.30. The molecule has 0 aromatic rings. The van der Waals surface area contributed by atoms with Gasteiger partial charge in [-0.2, -0.15) is 0 Å². The average molecular weight is 141 g/mol.